The SMILES string of the molecule is O=C([C@@H]1C[C@@H](O)CN1)N1CCc2onc(-c3cccc4ccccc34)c2C1. The van der Waals surface area contributed by atoms with Crippen LogP contribution in [0.2, 0.25) is 0 Å². The molecule has 3 aromatic rings. The number of hydrogen-bond donors (Lipinski definition) is 2. The van der Waals surface area contributed by atoms with Crippen LogP contribution in [0.25, 0.3) is 22.0 Å². The molecule has 2 atom stereocenters. The monoisotopic (exact) mass is 363 g/mol. The molecule has 0 aliphatic carbocycles. The smallest absolute Gasteiger partial charge is 0.240 e. The number of benzene rings is 2. The van der Waals surface area contributed by atoms with Gasteiger partial charge in [-0.15, -0.1) is 0 Å². The van der Waals surface area contributed by atoms with E-state index < -0.39 is 6.10 Å². The molecule has 1 saturated heterocycles. The van der Waals surface area contributed by atoms with E-state index in [9.17, 15) is 9.90 Å². The largest absolute Gasteiger partial charge is 0.392 e. The molecule has 0 spiro atoms. The van der Waals surface area contributed by atoms with Gasteiger partial charge in [-0.1, -0.05) is 47.6 Å². The summed E-state index contributed by atoms with van der Waals surface area (Å²) in [6, 6.07) is 14.1. The van der Waals surface area contributed by atoms with Crippen LogP contribution in [0.3, 0.4) is 0 Å². The highest BCUT2D eigenvalue weighted by molar-refractivity contribution is 5.96. The zero-order valence-corrected chi connectivity index (χ0v) is 14.9. The van der Waals surface area contributed by atoms with E-state index in [1.165, 1.54) is 0 Å². The zero-order chi connectivity index (χ0) is 18.4. The number of carbonyl (C=O) groups is 1. The van der Waals surface area contributed by atoms with E-state index in [-0.39, 0.29) is 11.9 Å². The number of aliphatic hydroxyl groups excluding tert-OH is 1. The van der Waals surface area contributed by atoms with Crippen molar-refractivity contribution in [2.45, 2.75) is 31.5 Å². The summed E-state index contributed by atoms with van der Waals surface area (Å²) in [6.45, 7) is 1.58. The molecule has 2 N–H and O–H groups in total. The third-order valence-electron chi connectivity index (χ3n) is 5.59. The summed E-state index contributed by atoms with van der Waals surface area (Å²) in [4.78, 5) is 14.7. The number of amides is 1. The molecule has 5 rings (SSSR count). The number of β-amino-alcohol motifs (C(OH)–C–C–N with tert-alkyl or cyclic N) is 1. The second-order valence-electron chi connectivity index (χ2n) is 7.32. The second-order valence-corrected chi connectivity index (χ2v) is 7.32. The summed E-state index contributed by atoms with van der Waals surface area (Å²) in [7, 11) is 0. The molecular weight excluding hydrogens is 342 g/mol. The van der Waals surface area contributed by atoms with Gasteiger partial charge in [0.25, 0.3) is 0 Å². The maximum absolute atomic E-state index is 12.8. The molecule has 1 fully saturated rings. The number of aliphatic hydroxyl groups is 1. The summed E-state index contributed by atoms with van der Waals surface area (Å²) in [5.74, 6) is 0.906. The van der Waals surface area contributed by atoms with Crippen LogP contribution in [0.5, 0.6) is 0 Å². The van der Waals surface area contributed by atoms with Gasteiger partial charge in [0.1, 0.15) is 11.5 Å². The molecule has 2 aliphatic heterocycles. The minimum atomic E-state index is -0.443. The fourth-order valence-corrected chi connectivity index (χ4v) is 4.17. The van der Waals surface area contributed by atoms with Crippen LogP contribution in [0.4, 0.5) is 0 Å². The van der Waals surface area contributed by atoms with Crippen molar-refractivity contribution in [2.75, 3.05) is 13.1 Å². The van der Waals surface area contributed by atoms with Crippen molar-refractivity contribution >= 4 is 16.7 Å². The van der Waals surface area contributed by atoms with Crippen LogP contribution >= 0.6 is 0 Å². The molecular formula is C21H21N3O3. The van der Waals surface area contributed by atoms with Gasteiger partial charge in [-0.05, 0) is 17.2 Å². The predicted octanol–water partition coefficient (Wildman–Crippen LogP) is 2.10. The van der Waals surface area contributed by atoms with Crippen molar-refractivity contribution in [3.63, 3.8) is 0 Å². The summed E-state index contributed by atoms with van der Waals surface area (Å²) in [5.41, 5.74) is 2.84. The van der Waals surface area contributed by atoms with Gasteiger partial charge in [-0.3, -0.25) is 4.79 Å². The van der Waals surface area contributed by atoms with Crippen LogP contribution in [-0.2, 0) is 17.8 Å². The lowest BCUT2D eigenvalue weighted by Crippen LogP contribution is -2.45. The van der Waals surface area contributed by atoms with E-state index in [4.69, 9.17) is 4.52 Å². The average molecular weight is 363 g/mol. The van der Waals surface area contributed by atoms with E-state index in [0.717, 1.165) is 33.4 Å². The van der Waals surface area contributed by atoms with Crippen molar-refractivity contribution in [3.05, 3.63) is 53.8 Å². The molecule has 2 aromatic carbocycles. The molecule has 2 aliphatic rings. The molecule has 0 bridgehead atoms. The van der Waals surface area contributed by atoms with E-state index in [2.05, 4.69) is 34.7 Å². The predicted molar refractivity (Wildman–Crippen MR) is 101 cm³/mol. The standard InChI is InChI=1S/C21H21N3O3/c25-14-10-18(22-11-14)21(26)24-9-8-19-17(12-24)20(23-27-19)16-7-3-5-13-4-1-2-6-15(13)16/h1-7,14,18,22,25H,8-12H2/t14-,18+/m1/s1. The van der Waals surface area contributed by atoms with E-state index in [1.807, 2.05) is 23.1 Å². The quantitative estimate of drug-likeness (QED) is 0.729. The van der Waals surface area contributed by atoms with Gasteiger partial charge in [0.15, 0.2) is 0 Å². The molecule has 138 valence electrons. The van der Waals surface area contributed by atoms with Crippen molar-refractivity contribution in [2.24, 2.45) is 0 Å². The number of nitrogens with zero attached hydrogens (tertiary/aromatic N) is 2. The number of aromatic nitrogens is 1. The molecule has 3 heterocycles. The number of rotatable bonds is 2. The summed E-state index contributed by atoms with van der Waals surface area (Å²) < 4.78 is 5.62. The van der Waals surface area contributed by atoms with E-state index in [1.54, 1.807) is 0 Å². The Balaban J connectivity index is 1.49. The van der Waals surface area contributed by atoms with Gasteiger partial charge >= 0.3 is 0 Å². The lowest BCUT2D eigenvalue weighted by molar-refractivity contribution is -0.134. The minimum Gasteiger partial charge on any atom is -0.392 e. The van der Waals surface area contributed by atoms with E-state index in [0.29, 0.717) is 32.5 Å². The normalized spacial score (nSPS) is 22.2. The Bertz CT molecular complexity index is 1010. The average Bonchev–Trinajstić information content (AvgIpc) is 3.32. The third kappa shape index (κ3) is 2.81. The first-order valence-corrected chi connectivity index (χ1v) is 9.36. The molecule has 6 nitrogen and oxygen atoms in total. The fourth-order valence-electron chi connectivity index (χ4n) is 4.17. The Labute approximate surface area is 156 Å². The summed E-state index contributed by atoms with van der Waals surface area (Å²) in [6.07, 6.45) is 0.692. The number of hydrogen-bond acceptors (Lipinski definition) is 5. The van der Waals surface area contributed by atoms with Crippen molar-refractivity contribution < 1.29 is 14.4 Å². The highest BCUT2D eigenvalue weighted by Gasteiger charge is 2.34. The van der Waals surface area contributed by atoms with Gasteiger partial charge in [-0.25, -0.2) is 0 Å². The molecule has 0 radical (unpaired) electrons. The highest BCUT2D eigenvalue weighted by atomic mass is 16.5. The van der Waals surface area contributed by atoms with Crippen molar-refractivity contribution in [3.8, 4) is 11.3 Å². The Morgan fingerprint density at radius 2 is 2.07 bits per heavy atom. The number of carbonyl (C=O) groups excluding carboxylic acids is 1. The maximum atomic E-state index is 12.8. The van der Waals surface area contributed by atoms with Crippen molar-refractivity contribution in [1.29, 1.82) is 0 Å². The second kappa shape index (κ2) is 6.48. The Kier molecular flexibility index (Phi) is 3.95. The lowest BCUT2D eigenvalue weighted by atomic mass is 9.96. The van der Waals surface area contributed by atoms with Gasteiger partial charge in [0.05, 0.1) is 18.7 Å². The van der Waals surface area contributed by atoms with Crippen LogP contribution in [0.15, 0.2) is 47.0 Å². The molecule has 0 saturated carbocycles. The minimum absolute atomic E-state index is 0.0438. The van der Waals surface area contributed by atoms with Crippen LogP contribution in [0.1, 0.15) is 17.7 Å². The molecule has 1 amide bonds. The zero-order valence-electron chi connectivity index (χ0n) is 14.9. The van der Waals surface area contributed by atoms with Gasteiger partial charge in [0, 0.05) is 30.6 Å². The number of fused-ring (bicyclic) bond motifs is 2. The van der Waals surface area contributed by atoms with Crippen LogP contribution < -0.4 is 5.32 Å². The Morgan fingerprint density at radius 1 is 1.22 bits per heavy atom. The molecule has 27 heavy (non-hydrogen) atoms. The van der Waals surface area contributed by atoms with Crippen molar-refractivity contribution in [1.82, 2.24) is 15.4 Å². The van der Waals surface area contributed by atoms with Gasteiger partial charge in [-0.2, -0.15) is 0 Å². The van der Waals surface area contributed by atoms with Crippen LogP contribution in [-0.4, -0.2) is 46.3 Å². The molecule has 0 unspecified atom stereocenters. The molecule has 1 aromatic heterocycles. The van der Waals surface area contributed by atoms with Crippen LogP contribution in [0, 0.1) is 0 Å². The Morgan fingerprint density at radius 3 is 2.93 bits per heavy atom. The fraction of sp³-hybridized carbons (Fsp3) is 0.333. The van der Waals surface area contributed by atoms with E-state index >= 15 is 0 Å². The first-order chi connectivity index (χ1) is 13.2. The molecule has 6 heteroatoms. The highest BCUT2D eigenvalue weighted by Crippen LogP contribution is 2.34. The summed E-state index contributed by atoms with van der Waals surface area (Å²) >= 11 is 0. The summed E-state index contributed by atoms with van der Waals surface area (Å²) in [5, 5.41) is 19.4. The third-order valence-corrected chi connectivity index (χ3v) is 5.59. The maximum Gasteiger partial charge on any atom is 0.240 e. The first-order valence-electron chi connectivity index (χ1n) is 9.36. The first kappa shape index (κ1) is 16.5. The Hall–Kier alpha value is -2.70. The van der Waals surface area contributed by atoms with Gasteiger partial charge < -0.3 is 19.8 Å². The lowest BCUT2D eigenvalue weighted by Gasteiger charge is -2.28. The van der Waals surface area contributed by atoms with Gasteiger partial charge in [0.2, 0.25) is 5.91 Å². The topological polar surface area (TPSA) is 78.6 Å². The number of nitrogens with one attached hydrogen (secondary N) is 1.